The van der Waals surface area contributed by atoms with E-state index < -0.39 is 0 Å². The molecule has 5 nitrogen and oxygen atoms in total. The fourth-order valence-electron chi connectivity index (χ4n) is 5.71. The third-order valence-electron chi connectivity index (χ3n) is 8.04. The first-order valence-electron chi connectivity index (χ1n) is 16.2. The highest BCUT2D eigenvalue weighted by atomic mass is 15.1. The van der Waals surface area contributed by atoms with Crippen LogP contribution in [0.3, 0.4) is 0 Å². The van der Waals surface area contributed by atoms with Crippen molar-refractivity contribution in [1.29, 1.82) is 0 Å². The van der Waals surface area contributed by atoms with Gasteiger partial charge in [0, 0.05) is 34.1 Å². The van der Waals surface area contributed by atoms with Gasteiger partial charge in [0.1, 0.15) is 0 Å². The topological polar surface area (TPSA) is 58.3 Å². The van der Waals surface area contributed by atoms with Crippen LogP contribution in [0.25, 0.3) is 24.3 Å². The second kappa shape index (κ2) is 14.8. The van der Waals surface area contributed by atoms with Gasteiger partial charge in [0.15, 0.2) is 0 Å². The molecule has 0 saturated carbocycles. The Morgan fingerprint density at radius 2 is 0.633 bits per heavy atom. The van der Waals surface area contributed by atoms with Gasteiger partial charge >= 0.3 is 0 Å². The molecule has 6 aromatic carbocycles. The zero-order valence-electron chi connectivity index (χ0n) is 26.9. The number of nitrogen functional groups attached to an aromatic ring is 1. The van der Waals surface area contributed by atoms with E-state index in [2.05, 4.69) is 165 Å². The van der Waals surface area contributed by atoms with Crippen LogP contribution in [-0.2, 0) is 0 Å². The highest BCUT2D eigenvalue weighted by molar-refractivity contribution is 5.80. The first-order valence-corrected chi connectivity index (χ1v) is 16.2. The number of anilines is 7. The van der Waals surface area contributed by atoms with Gasteiger partial charge in [-0.25, -0.2) is 9.97 Å². The van der Waals surface area contributed by atoms with Crippen molar-refractivity contribution in [3.05, 3.63) is 198 Å². The van der Waals surface area contributed by atoms with Crippen molar-refractivity contribution in [3.8, 4) is 0 Å². The van der Waals surface area contributed by atoms with Crippen molar-refractivity contribution in [2.24, 2.45) is 0 Å². The van der Waals surface area contributed by atoms with Crippen LogP contribution in [0.2, 0.25) is 0 Å². The molecule has 7 aromatic rings. The zero-order chi connectivity index (χ0) is 33.3. The Kier molecular flexibility index (Phi) is 9.33. The van der Waals surface area contributed by atoms with E-state index in [4.69, 9.17) is 5.73 Å². The molecule has 0 fully saturated rings. The van der Waals surface area contributed by atoms with E-state index in [1.807, 2.05) is 54.6 Å². The van der Waals surface area contributed by atoms with E-state index >= 15 is 0 Å². The minimum Gasteiger partial charge on any atom is -0.368 e. The highest BCUT2D eigenvalue weighted by Crippen LogP contribution is 2.35. The summed E-state index contributed by atoms with van der Waals surface area (Å²) < 4.78 is 0. The molecule has 0 atom stereocenters. The van der Waals surface area contributed by atoms with E-state index in [9.17, 15) is 0 Å². The fourth-order valence-corrected chi connectivity index (χ4v) is 5.71. The number of nitrogens with zero attached hydrogens (tertiary/aromatic N) is 4. The lowest BCUT2D eigenvalue weighted by molar-refractivity contribution is 1.15. The van der Waals surface area contributed by atoms with Gasteiger partial charge in [0.2, 0.25) is 5.95 Å². The van der Waals surface area contributed by atoms with Gasteiger partial charge in [-0.15, -0.1) is 0 Å². The molecule has 0 aliphatic rings. The van der Waals surface area contributed by atoms with E-state index in [0.29, 0.717) is 0 Å². The predicted molar refractivity (Wildman–Crippen MR) is 207 cm³/mol. The van der Waals surface area contributed by atoms with Crippen LogP contribution < -0.4 is 15.5 Å². The average Bonchev–Trinajstić information content (AvgIpc) is 3.16. The number of rotatable bonds is 10. The Morgan fingerprint density at radius 1 is 0.347 bits per heavy atom. The summed E-state index contributed by atoms with van der Waals surface area (Å²) in [6.45, 7) is 0. The molecule has 0 radical (unpaired) electrons. The first-order chi connectivity index (χ1) is 24.2. The van der Waals surface area contributed by atoms with E-state index in [-0.39, 0.29) is 5.95 Å². The third kappa shape index (κ3) is 7.64. The molecule has 2 N–H and O–H groups in total. The maximum Gasteiger partial charge on any atom is 0.221 e. The number of hydrogen-bond donors (Lipinski definition) is 1. The molecule has 1 aromatic heterocycles. The second-order valence-electron chi connectivity index (χ2n) is 11.4. The summed E-state index contributed by atoms with van der Waals surface area (Å²) in [7, 11) is 0. The number of benzene rings is 6. The summed E-state index contributed by atoms with van der Waals surface area (Å²) in [6.07, 6.45) is 8.01. The minimum absolute atomic E-state index is 0.232. The molecule has 7 rings (SSSR count). The maximum absolute atomic E-state index is 6.12. The Bertz CT molecular complexity index is 1910. The molecule has 5 heteroatoms. The molecule has 1 heterocycles. The zero-order valence-corrected chi connectivity index (χ0v) is 26.9. The largest absolute Gasteiger partial charge is 0.368 e. The molecule has 0 bridgehead atoms. The van der Waals surface area contributed by atoms with Crippen molar-refractivity contribution in [3.63, 3.8) is 0 Å². The lowest BCUT2D eigenvalue weighted by Gasteiger charge is -2.25. The third-order valence-corrected chi connectivity index (χ3v) is 8.04. The predicted octanol–water partition coefficient (Wildman–Crippen LogP) is 11.3. The average molecular weight is 634 g/mol. The number of aromatic nitrogens is 2. The van der Waals surface area contributed by atoms with Gasteiger partial charge in [-0.2, -0.15) is 0 Å². The van der Waals surface area contributed by atoms with Crippen LogP contribution in [-0.4, -0.2) is 9.97 Å². The van der Waals surface area contributed by atoms with Crippen LogP contribution in [0.5, 0.6) is 0 Å². The number of para-hydroxylation sites is 4. The van der Waals surface area contributed by atoms with Gasteiger partial charge in [-0.1, -0.05) is 109 Å². The Hall–Kier alpha value is -6.72. The van der Waals surface area contributed by atoms with Crippen LogP contribution >= 0.6 is 0 Å². The van der Waals surface area contributed by atoms with Crippen molar-refractivity contribution in [2.75, 3.05) is 15.5 Å². The molecule has 49 heavy (non-hydrogen) atoms. The molecule has 0 saturated heterocycles. The highest BCUT2D eigenvalue weighted by Gasteiger charge is 2.12. The lowest BCUT2D eigenvalue weighted by Crippen LogP contribution is -2.09. The summed E-state index contributed by atoms with van der Waals surface area (Å²) in [4.78, 5) is 13.4. The van der Waals surface area contributed by atoms with Crippen LogP contribution in [0.15, 0.2) is 176 Å². The quantitative estimate of drug-likeness (QED) is 0.162. The van der Waals surface area contributed by atoms with Crippen LogP contribution in [0, 0.1) is 0 Å². The maximum atomic E-state index is 6.12. The van der Waals surface area contributed by atoms with Crippen molar-refractivity contribution < 1.29 is 0 Å². The summed E-state index contributed by atoms with van der Waals surface area (Å²) in [5.41, 5.74) is 16.3. The van der Waals surface area contributed by atoms with Gasteiger partial charge in [0.25, 0.3) is 0 Å². The monoisotopic (exact) mass is 633 g/mol. The molecule has 0 aliphatic heterocycles. The van der Waals surface area contributed by atoms with Gasteiger partial charge < -0.3 is 15.5 Å². The van der Waals surface area contributed by atoms with Crippen molar-refractivity contribution in [1.82, 2.24) is 9.97 Å². The summed E-state index contributed by atoms with van der Waals surface area (Å²) in [5, 5.41) is 0. The van der Waals surface area contributed by atoms with Gasteiger partial charge in [0.05, 0.1) is 11.4 Å². The van der Waals surface area contributed by atoms with Crippen LogP contribution in [0.4, 0.5) is 40.1 Å². The minimum atomic E-state index is 0.232. The SMILES string of the molecule is Nc1nc(/C=C/c2ccc(N(c3ccccc3)c3ccccc3)cc2)cc(/C=C/c2ccc(N(c3ccccc3)c3ccccc3)cc2)n1. The van der Waals surface area contributed by atoms with Crippen molar-refractivity contribution in [2.45, 2.75) is 0 Å². The number of nitrogens with two attached hydrogens (primary N) is 1. The molecule has 0 unspecified atom stereocenters. The molecular formula is C44H35N5. The smallest absolute Gasteiger partial charge is 0.221 e. The van der Waals surface area contributed by atoms with Crippen LogP contribution in [0.1, 0.15) is 22.5 Å². The molecule has 0 amide bonds. The van der Waals surface area contributed by atoms with E-state index in [0.717, 1.165) is 56.6 Å². The fraction of sp³-hybridized carbons (Fsp3) is 0. The standard InChI is InChI=1S/C44H35N5/c45-44-46-36(27-21-34-23-29-42(30-24-34)48(38-13-5-1-6-14-38)39-15-7-2-8-16-39)33-37(47-44)28-22-35-25-31-43(32-26-35)49(40-17-9-3-10-18-40)41-19-11-4-12-20-41/h1-33H,(H2,45,46,47)/b27-21+,28-22+. The normalized spacial score (nSPS) is 11.2. The molecule has 236 valence electrons. The van der Waals surface area contributed by atoms with Gasteiger partial charge in [-0.05, 0) is 102 Å². The molecular weight excluding hydrogens is 599 g/mol. The molecule has 0 aliphatic carbocycles. The second-order valence-corrected chi connectivity index (χ2v) is 11.4. The van der Waals surface area contributed by atoms with E-state index in [1.54, 1.807) is 0 Å². The first kappa shape index (κ1) is 30.9. The Balaban J connectivity index is 1.07. The Labute approximate surface area is 287 Å². The number of hydrogen-bond acceptors (Lipinski definition) is 5. The van der Waals surface area contributed by atoms with Crippen molar-refractivity contribution >= 4 is 64.4 Å². The molecule has 0 spiro atoms. The van der Waals surface area contributed by atoms with Gasteiger partial charge in [-0.3, -0.25) is 0 Å². The summed E-state index contributed by atoms with van der Waals surface area (Å²) in [6, 6.07) is 60.4. The van der Waals surface area contributed by atoms with E-state index in [1.165, 1.54) is 0 Å². The summed E-state index contributed by atoms with van der Waals surface area (Å²) in [5.74, 6) is 0.232. The Morgan fingerprint density at radius 3 is 0.939 bits per heavy atom. The lowest BCUT2D eigenvalue weighted by atomic mass is 10.1. The summed E-state index contributed by atoms with van der Waals surface area (Å²) >= 11 is 0.